The van der Waals surface area contributed by atoms with Gasteiger partial charge in [0.15, 0.2) is 0 Å². The highest BCUT2D eigenvalue weighted by Gasteiger charge is 2.48. The number of hydrogen-bond donors (Lipinski definition) is 1. The summed E-state index contributed by atoms with van der Waals surface area (Å²) < 4.78 is 0. The normalized spacial score (nSPS) is 30.5. The Morgan fingerprint density at radius 3 is 2.54 bits per heavy atom. The third-order valence-electron chi connectivity index (χ3n) is 2.47. The van der Waals surface area contributed by atoms with Gasteiger partial charge in [-0.25, -0.2) is 0 Å². The molecule has 1 heteroatoms. The van der Waals surface area contributed by atoms with E-state index < -0.39 is 5.60 Å². The molecule has 0 spiro atoms. The van der Waals surface area contributed by atoms with E-state index >= 15 is 0 Å². The minimum Gasteiger partial charge on any atom is -0.377 e. The predicted molar refractivity (Wildman–Crippen MR) is 52.1 cm³/mol. The summed E-state index contributed by atoms with van der Waals surface area (Å²) >= 11 is 0. The molecule has 1 N–H and O–H groups in total. The summed E-state index contributed by atoms with van der Waals surface area (Å²) in [5, 5.41) is 9.68. The van der Waals surface area contributed by atoms with Crippen LogP contribution in [0.5, 0.6) is 0 Å². The van der Waals surface area contributed by atoms with Crippen LogP contribution in [0.4, 0.5) is 0 Å². The topological polar surface area (TPSA) is 20.2 Å². The largest absolute Gasteiger partial charge is 0.377 e. The molecule has 0 radical (unpaired) electrons. The first kappa shape index (κ1) is 8.34. The highest BCUT2D eigenvalue weighted by Crippen LogP contribution is 2.42. The van der Waals surface area contributed by atoms with Crippen molar-refractivity contribution in [3.8, 4) is 11.8 Å². The maximum absolute atomic E-state index is 9.68. The van der Waals surface area contributed by atoms with E-state index in [4.69, 9.17) is 0 Å². The van der Waals surface area contributed by atoms with Crippen LogP contribution in [0.2, 0.25) is 0 Å². The zero-order valence-corrected chi connectivity index (χ0v) is 7.62. The molecule has 1 aromatic rings. The van der Waals surface area contributed by atoms with Crippen molar-refractivity contribution in [2.75, 3.05) is 0 Å². The van der Waals surface area contributed by atoms with Gasteiger partial charge in [-0.3, -0.25) is 0 Å². The van der Waals surface area contributed by atoms with Crippen LogP contribution in [0, 0.1) is 17.8 Å². The van der Waals surface area contributed by atoms with Crippen LogP contribution in [0.15, 0.2) is 30.3 Å². The summed E-state index contributed by atoms with van der Waals surface area (Å²) in [4.78, 5) is 0. The van der Waals surface area contributed by atoms with Gasteiger partial charge in [-0.2, -0.15) is 0 Å². The van der Waals surface area contributed by atoms with Crippen LogP contribution >= 0.6 is 0 Å². The van der Waals surface area contributed by atoms with Crippen molar-refractivity contribution in [2.24, 2.45) is 5.92 Å². The molecule has 1 nitrogen and oxygen atoms in total. The molecule has 1 fully saturated rings. The molecule has 0 aliphatic heterocycles. The second-order valence-corrected chi connectivity index (χ2v) is 3.65. The number of aliphatic hydroxyl groups is 1. The fraction of sp³-hybridized carbons (Fsp3) is 0.333. The molecule has 0 bridgehead atoms. The van der Waals surface area contributed by atoms with Gasteiger partial charge in [0.2, 0.25) is 0 Å². The average Bonchev–Trinajstić information content (AvgIpc) is 2.74. The summed E-state index contributed by atoms with van der Waals surface area (Å²) in [6.45, 7) is 2.01. The van der Waals surface area contributed by atoms with E-state index in [1.807, 2.05) is 37.3 Å². The van der Waals surface area contributed by atoms with Gasteiger partial charge in [0.25, 0.3) is 0 Å². The zero-order chi connectivity index (χ0) is 9.31. The van der Waals surface area contributed by atoms with Gasteiger partial charge in [-0.15, -0.1) is 0 Å². The van der Waals surface area contributed by atoms with E-state index in [0.717, 1.165) is 12.0 Å². The van der Waals surface area contributed by atoms with Gasteiger partial charge in [0.1, 0.15) is 5.60 Å². The minimum absolute atomic E-state index is 0.337. The van der Waals surface area contributed by atoms with Crippen LogP contribution in [0.3, 0.4) is 0 Å². The monoisotopic (exact) mass is 172 g/mol. The smallest absolute Gasteiger partial charge is 0.128 e. The second-order valence-electron chi connectivity index (χ2n) is 3.65. The lowest BCUT2D eigenvalue weighted by atomic mass is 10.2. The average molecular weight is 172 g/mol. The van der Waals surface area contributed by atoms with Crippen molar-refractivity contribution in [1.82, 2.24) is 0 Å². The molecule has 1 aliphatic carbocycles. The molecule has 0 amide bonds. The Kier molecular flexibility index (Phi) is 1.86. The molecule has 2 atom stereocenters. The lowest BCUT2D eigenvalue weighted by molar-refractivity contribution is 0.196. The highest BCUT2D eigenvalue weighted by molar-refractivity contribution is 5.38. The van der Waals surface area contributed by atoms with Gasteiger partial charge in [-0.1, -0.05) is 37.0 Å². The van der Waals surface area contributed by atoms with Crippen LogP contribution in [0.1, 0.15) is 18.9 Å². The molecular weight excluding hydrogens is 160 g/mol. The molecule has 66 valence electrons. The van der Waals surface area contributed by atoms with E-state index in [2.05, 4.69) is 11.8 Å². The Bertz CT molecular complexity index is 358. The summed E-state index contributed by atoms with van der Waals surface area (Å²) in [7, 11) is 0. The molecule has 0 heterocycles. The number of benzene rings is 1. The summed E-state index contributed by atoms with van der Waals surface area (Å²) in [5.41, 5.74) is 0.269. The van der Waals surface area contributed by atoms with Gasteiger partial charge in [0.05, 0.1) is 0 Å². The van der Waals surface area contributed by atoms with E-state index in [0.29, 0.717) is 5.92 Å². The minimum atomic E-state index is -0.699. The summed E-state index contributed by atoms with van der Waals surface area (Å²) in [5.74, 6) is 6.22. The Labute approximate surface area is 78.4 Å². The van der Waals surface area contributed by atoms with Crippen LogP contribution < -0.4 is 0 Å². The Balaban J connectivity index is 2.14. The molecular formula is C12H12O. The van der Waals surface area contributed by atoms with E-state index in [1.54, 1.807) is 0 Å². The fourth-order valence-electron chi connectivity index (χ4n) is 1.28. The molecule has 0 unspecified atom stereocenters. The van der Waals surface area contributed by atoms with E-state index in [9.17, 15) is 5.11 Å². The lowest BCUT2D eigenvalue weighted by Gasteiger charge is -1.95. The Hall–Kier alpha value is -1.26. The van der Waals surface area contributed by atoms with E-state index in [1.165, 1.54) is 0 Å². The SMILES string of the molecule is C[C@@H]1C[C@]1(O)C#Cc1ccccc1. The molecule has 2 rings (SSSR count). The predicted octanol–water partition coefficient (Wildman–Crippen LogP) is 1.81. The van der Waals surface area contributed by atoms with Gasteiger partial charge >= 0.3 is 0 Å². The van der Waals surface area contributed by atoms with Gasteiger partial charge < -0.3 is 5.11 Å². The first-order chi connectivity index (χ1) is 6.21. The maximum Gasteiger partial charge on any atom is 0.128 e. The van der Waals surface area contributed by atoms with Crippen molar-refractivity contribution in [3.05, 3.63) is 35.9 Å². The first-order valence-electron chi connectivity index (χ1n) is 4.51. The van der Waals surface area contributed by atoms with Gasteiger partial charge in [0, 0.05) is 5.56 Å². The summed E-state index contributed by atoms with van der Waals surface area (Å²) in [6, 6.07) is 9.75. The third-order valence-corrected chi connectivity index (χ3v) is 2.47. The third kappa shape index (κ3) is 1.74. The quantitative estimate of drug-likeness (QED) is 0.592. The first-order valence-corrected chi connectivity index (χ1v) is 4.51. The Morgan fingerprint density at radius 2 is 2.00 bits per heavy atom. The van der Waals surface area contributed by atoms with Gasteiger partial charge in [-0.05, 0) is 24.5 Å². The van der Waals surface area contributed by atoms with Crippen molar-refractivity contribution in [2.45, 2.75) is 18.9 Å². The Morgan fingerprint density at radius 1 is 1.38 bits per heavy atom. The lowest BCUT2D eigenvalue weighted by Crippen LogP contribution is -2.05. The zero-order valence-electron chi connectivity index (χ0n) is 7.62. The molecule has 0 aromatic heterocycles. The van der Waals surface area contributed by atoms with Crippen molar-refractivity contribution in [1.29, 1.82) is 0 Å². The molecule has 1 saturated carbocycles. The standard InChI is InChI=1S/C12H12O/c1-10-9-12(10,13)8-7-11-5-3-2-4-6-11/h2-6,10,13H,9H2,1H3/t10-,12-/m1/s1. The molecule has 1 aromatic carbocycles. The van der Waals surface area contributed by atoms with Crippen LogP contribution in [0.25, 0.3) is 0 Å². The van der Waals surface area contributed by atoms with Crippen molar-refractivity contribution < 1.29 is 5.11 Å². The summed E-state index contributed by atoms with van der Waals surface area (Å²) in [6.07, 6.45) is 0.812. The molecule has 1 aliphatic rings. The van der Waals surface area contributed by atoms with Crippen molar-refractivity contribution >= 4 is 0 Å². The second kappa shape index (κ2) is 2.90. The maximum atomic E-state index is 9.68. The fourth-order valence-corrected chi connectivity index (χ4v) is 1.28. The number of hydrogen-bond acceptors (Lipinski definition) is 1. The molecule has 0 saturated heterocycles. The molecule has 13 heavy (non-hydrogen) atoms. The van der Waals surface area contributed by atoms with Crippen molar-refractivity contribution in [3.63, 3.8) is 0 Å². The highest BCUT2D eigenvalue weighted by atomic mass is 16.3. The number of rotatable bonds is 0. The van der Waals surface area contributed by atoms with Crippen LogP contribution in [-0.2, 0) is 0 Å². The van der Waals surface area contributed by atoms with E-state index in [-0.39, 0.29) is 0 Å². The van der Waals surface area contributed by atoms with Crippen LogP contribution in [-0.4, -0.2) is 10.7 Å².